The monoisotopic (exact) mass is 410 g/mol. The average molecular weight is 410 g/mol. The molecule has 29 heavy (non-hydrogen) atoms. The van der Waals surface area contributed by atoms with Crippen LogP contribution in [0.3, 0.4) is 0 Å². The van der Waals surface area contributed by atoms with Crippen LogP contribution in [0.4, 0.5) is 5.13 Å². The van der Waals surface area contributed by atoms with Crippen LogP contribution in [0.25, 0.3) is 11.3 Å². The van der Waals surface area contributed by atoms with Gasteiger partial charge in [-0.15, -0.1) is 11.3 Å². The second-order valence-corrected chi connectivity index (χ2v) is 6.87. The van der Waals surface area contributed by atoms with E-state index < -0.39 is 0 Å². The smallest absolute Gasteiger partial charge is 0.296 e. The Morgan fingerprint density at radius 2 is 1.93 bits per heavy atom. The molecule has 0 aliphatic rings. The van der Waals surface area contributed by atoms with E-state index in [2.05, 4.69) is 4.98 Å². The largest absolute Gasteiger partial charge is 0.497 e. The summed E-state index contributed by atoms with van der Waals surface area (Å²) < 4.78 is 21.5. The van der Waals surface area contributed by atoms with Crippen LogP contribution < -0.4 is 14.4 Å². The van der Waals surface area contributed by atoms with Crippen LogP contribution in [0.5, 0.6) is 11.5 Å². The summed E-state index contributed by atoms with van der Waals surface area (Å²) in [6.07, 6.45) is 3.03. The highest BCUT2D eigenvalue weighted by Crippen LogP contribution is 2.36. The number of thiazole rings is 1. The number of ether oxygens (including phenoxy) is 2. The Bertz CT molecular complexity index is 1090. The molecule has 3 aromatic heterocycles. The topological polar surface area (TPSA) is 77.9 Å². The minimum atomic E-state index is -0.301. The molecule has 4 rings (SSSR count). The Morgan fingerprint density at radius 3 is 2.62 bits per heavy atom. The van der Waals surface area contributed by atoms with E-state index in [1.54, 1.807) is 38.7 Å². The number of anilines is 1. The van der Waals surface area contributed by atoms with Gasteiger partial charge in [0.2, 0.25) is 0 Å². The molecule has 0 aliphatic carbocycles. The molecule has 0 fully saturated rings. The van der Waals surface area contributed by atoms with E-state index in [1.165, 1.54) is 22.5 Å². The van der Waals surface area contributed by atoms with Crippen molar-refractivity contribution in [3.05, 3.63) is 71.9 Å². The molecule has 0 radical (unpaired) electrons. The van der Waals surface area contributed by atoms with Crippen molar-refractivity contribution in [2.24, 2.45) is 0 Å². The minimum Gasteiger partial charge on any atom is -0.497 e. The number of amides is 1. The molecule has 7 nitrogen and oxygen atoms in total. The lowest BCUT2D eigenvalue weighted by Crippen LogP contribution is -2.29. The van der Waals surface area contributed by atoms with E-state index in [0.29, 0.717) is 28.1 Å². The van der Waals surface area contributed by atoms with Gasteiger partial charge in [-0.3, -0.25) is 9.69 Å². The predicted octanol–water partition coefficient (Wildman–Crippen LogP) is 4.86. The Kier molecular flexibility index (Phi) is 5.35. The Hall–Kier alpha value is -3.52. The molecule has 0 bridgehead atoms. The first-order valence-electron chi connectivity index (χ1n) is 8.75. The van der Waals surface area contributed by atoms with Gasteiger partial charge in [0.1, 0.15) is 17.3 Å². The van der Waals surface area contributed by atoms with Crippen LogP contribution in [-0.4, -0.2) is 25.1 Å². The summed E-state index contributed by atoms with van der Waals surface area (Å²) in [6, 6.07) is 12.4. The van der Waals surface area contributed by atoms with Crippen molar-refractivity contribution in [2.75, 3.05) is 19.1 Å². The van der Waals surface area contributed by atoms with Gasteiger partial charge in [-0.05, 0) is 42.5 Å². The highest BCUT2D eigenvalue weighted by molar-refractivity contribution is 7.14. The van der Waals surface area contributed by atoms with Gasteiger partial charge < -0.3 is 18.3 Å². The van der Waals surface area contributed by atoms with Gasteiger partial charge in [-0.2, -0.15) is 0 Å². The van der Waals surface area contributed by atoms with Gasteiger partial charge in [-0.25, -0.2) is 4.98 Å². The summed E-state index contributed by atoms with van der Waals surface area (Å²) >= 11 is 1.35. The van der Waals surface area contributed by atoms with Crippen LogP contribution in [0, 0.1) is 0 Å². The summed E-state index contributed by atoms with van der Waals surface area (Å²) in [5.41, 5.74) is 1.45. The Balaban J connectivity index is 1.71. The molecule has 3 heterocycles. The molecule has 0 N–H and O–H groups in total. The average Bonchev–Trinajstić information content (AvgIpc) is 3.53. The third-order valence-electron chi connectivity index (χ3n) is 4.28. The number of methoxy groups -OCH3 is 2. The summed E-state index contributed by atoms with van der Waals surface area (Å²) in [5.74, 6) is 1.92. The number of benzene rings is 1. The highest BCUT2D eigenvalue weighted by atomic mass is 32.1. The van der Waals surface area contributed by atoms with Crippen LogP contribution >= 0.6 is 11.3 Å². The zero-order chi connectivity index (χ0) is 20.2. The first-order chi connectivity index (χ1) is 14.2. The van der Waals surface area contributed by atoms with Crippen molar-refractivity contribution >= 4 is 22.4 Å². The SMILES string of the molecule is COc1ccc(OC)c(-c2csc(N(Cc3ccco3)C(=O)c3ccco3)n2)c1. The van der Waals surface area contributed by atoms with Gasteiger partial charge in [0.25, 0.3) is 5.91 Å². The molecule has 0 atom stereocenters. The molecule has 0 unspecified atom stereocenters. The number of nitrogens with zero attached hydrogens (tertiary/aromatic N) is 2. The number of hydrogen-bond acceptors (Lipinski definition) is 7. The highest BCUT2D eigenvalue weighted by Gasteiger charge is 2.25. The van der Waals surface area contributed by atoms with Crippen molar-refractivity contribution in [3.63, 3.8) is 0 Å². The van der Waals surface area contributed by atoms with Crippen molar-refractivity contribution in [2.45, 2.75) is 6.54 Å². The predicted molar refractivity (Wildman–Crippen MR) is 109 cm³/mol. The third-order valence-corrected chi connectivity index (χ3v) is 5.14. The number of aromatic nitrogens is 1. The first kappa shape index (κ1) is 18.8. The zero-order valence-electron chi connectivity index (χ0n) is 15.8. The number of rotatable bonds is 7. The summed E-state index contributed by atoms with van der Waals surface area (Å²) in [5, 5.41) is 2.39. The fourth-order valence-electron chi connectivity index (χ4n) is 2.84. The van der Waals surface area contributed by atoms with Crippen LogP contribution in [0.1, 0.15) is 16.3 Å². The molecule has 0 saturated heterocycles. The second kappa shape index (κ2) is 8.24. The summed E-state index contributed by atoms with van der Waals surface area (Å²) in [4.78, 5) is 19.2. The zero-order valence-corrected chi connectivity index (χ0v) is 16.6. The number of furan rings is 2. The van der Waals surface area contributed by atoms with Gasteiger partial charge in [-0.1, -0.05) is 0 Å². The molecule has 148 valence electrons. The summed E-state index contributed by atoms with van der Waals surface area (Å²) in [6.45, 7) is 0.231. The second-order valence-electron chi connectivity index (χ2n) is 6.03. The quantitative estimate of drug-likeness (QED) is 0.433. The molecule has 4 aromatic rings. The fourth-order valence-corrected chi connectivity index (χ4v) is 3.67. The third kappa shape index (κ3) is 3.88. The maximum Gasteiger partial charge on any atom is 0.296 e. The lowest BCUT2D eigenvalue weighted by Gasteiger charge is -2.17. The van der Waals surface area contributed by atoms with E-state index in [0.717, 1.165) is 5.56 Å². The number of carbonyl (C=O) groups excluding carboxylic acids is 1. The van der Waals surface area contributed by atoms with E-state index in [-0.39, 0.29) is 18.2 Å². The van der Waals surface area contributed by atoms with Gasteiger partial charge in [0.15, 0.2) is 10.9 Å². The van der Waals surface area contributed by atoms with Gasteiger partial charge in [0.05, 0.1) is 39.0 Å². The lowest BCUT2D eigenvalue weighted by atomic mass is 10.1. The molecular formula is C21H18N2O5S. The molecule has 0 saturated carbocycles. The van der Waals surface area contributed by atoms with Crippen molar-refractivity contribution in [3.8, 4) is 22.8 Å². The molecule has 1 aromatic carbocycles. The fraction of sp³-hybridized carbons (Fsp3) is 0.143. The first-order valence-corrected chi connectivity index (χ1v) is 9.63. The number of carbonyl (C=O) groups is 1. The van der Waals surface area contributed by atoms with Crippen molar-refractivity contribution in [1.82, 2.24) is 4.98 Å². The maximum atomic E-state index is 13.0. The molecule has 0 aliphatic heterocycles. The summed E-state index contributed by atoms with van der Waals surface area (Å²) in [7, 11) is 3.20. The van der Waals surface area contributed by atoms with E-state index in [9.17, 15) is 4.79 Å². The van der Waals surface area contributed by atoms with Crippen LogP contribution in [-0.2, 0) is 6.54 Å². The standard InChI is InChI=1S/C21H18N2O5S/c1-25-14-7-8-18(26-2)16(11-14)17-13-29-21(22-17)23(12-15-5-3-9-27-15)20(24)19-6-4-10-28-19/h3-11,13H,12H2,1-2H3. The molecule has 1 amide bonds. The van der Waals surface area contributed by atoms with Gasteiger partial charge in [0, 0.05) is 10.9 Å². The lowest BCUT2D eigenvalue weighted by molar-refractivity contribution is 0.0956. The van der Waals surface area contributed by atoms with Gasteiger partial charge >= 0.3 is 0 Å². The molecule has 8 heteroatoms. The maximum absolute atomic E-state index is 13.0. The van der Waals surface area contributed by atoms with E-state index >= 15 is 0 Å². The minimum absolute atomic E-state index is 0.229. The van der Waals surface area contributed by atoms with Crippen LogP contribution in [0.2, 0.25) is 0 Å². The number of hydrogen-bond donors (Lipinski definition) is 0. The Labute approximate surface area is 171 Å². The van der Waals surface area contributed by atoms with Crippen molar-refractivity contribution < 1.29 is 23.1 Å². The molecular weight excluding hydrogens is 392 g/mol. The molecule has 0 spiro atoms. The van der Waals surface area contributed by atoms with E-state index in [4.69, 9.17) is 18.3 Å². The normalized spacial score (nSPS) is 10.7. The van der Waals surface area contributed by atoms with Crippen molar-refractivity contribution in [1.29, 1.82) is 0 Å². The Morgan fingerprint density at radius 1 is 1.10 bits per heavy atom. The van der Waals surface area contributed by atoms with Crippen LogP contribution in [0.15, 0.2) is 69.2 Å². The van der Waals surface area contributed by atoms with E-state index in [1.807, 2.05) is 29.6 Å².